The summed E-state index contributed by atoms with van der Waals surface area (Å²) in [6.07, 6.45) is 5.20. The molecule has 0 aromatic heterocycles. The molecule has 1 aliphatic rings. The molecular weight excluding hydrogens is 360 g/mol. The minimum atomic E-state index is -6.00. The van der Waals surface area contributed by atoms with E-state index in [9.17, 15) is 51.8 Å². The number of aliphatic hydroxyl groups is 1. The average Bonchev–Trinajstić information content (AvgIpc) is 2.60. The number of aliphatic hydroxyl groups excluding tert-OH is 1. The van der Waals surface area contributed by atoms with Crippen LogP contribution >= 0.6 is 0 Å². The van der Waals surface area contributed by atoms with Gasteiger partial charge >= 0.3 is 21.8 Å². The molecule has 1 rings (SSSR count). The number of hydrogen-bond donors (Lipinski definition) is 1. The van der Waals surface area contributed by atoms with E-state index in [1.165, 1.54) is 25.7 Å². The van der Waals surface area contributed by atoms with Gasteiger partial charge in [0, 0.05) is 6.61 Å². The Morgan fingerprint density at radius 2 is 0.783 bits per heavy atom. The van der Waals surface area contributed by atoms with E-state index in [-0.39, 0.29) is 7.43 Å². The van der Waals surface area contributed by atoms with Crippen LogP contribution in [0.15, 0.2) is 0 Å². The molecular formula is C7H16B3F12O-3. The van der Waals surface area contributed by atoms with E-state index >= 15 is 0 Å². The monoisotopic (exact) mass is 377 g/mol. The molecule has 0 spiro atoms. The maximum Gasteiger partial charge on any atom is 0.673 e. The molecule has 0 aliphatic heterocycles. The number of hydrogen-bond acceptors (Lipinski definition) is 1. The lowest BCUT2D eigenvalue weighted by molar-refractivity contribution is 0.230. The van der Waals surface area contributed by atoms with Crippen molar-refractivity contribution in [1.29, 1.82) is 0 Å². The van der Waals surface area contributed by atoms with Crippen LogP contribution in [0.3, 0.4) is 0 Å². The Labute approximate surface area is 125 Å². The Morgan fingerprint density at radius 1 is 0.609 bits per heavy atom. The topological polar surface area (TPSA) is 20.2 Å². The molecule has 146 valence electrons. The van der Waals surface area contributed by atoms with Crippen LogP contribution in [0.1, 0.15) is 33.1 Å². The fourth-order valence-corrected chi connectivity index (χ4v) is 1.19. The normalized spacial score (nSPS) is 15.0. The highest BCUT2D eigenvalue weighted by atomic mass is 19.5. The summed E-state index contributed by atoms with van der Waals surface area (Å²) in [6.45, 7) is 0.417. The van der Waals surface area contributed by atoms with Gasteiger partial charge in [-0.15, -0.1) is 0 Å². The first kappa shape index (κ1) is 30.2. The smallest absolute Gasteiger partial charge is 0.418 e. The third kappa shape index (κ3) is 115. The third-order valence-electron chi connectivity index (χ3n) is 1.73. The molecule has 0 amide bonds. The van der Waals surface area contributed by atoms with Crippen LogP contribution in [0, 0.1) is 5.92 Å². The maximum absolute atomic E-state index is 9.75. The van der Waals surface area contributed by atoms with Gasteiger partial charge in [0.1, 0.15) is 0 Å². The van der Waals surface area contributed by atoms with Gasteiger partial charge in [-0.3, -0.25) is 0 Å². The van der Waals surface area contributed by atoms with Crippen LogP contribution in [0.4, 0.5) is 51.8 Å². The lowest BCUT2D eigenvalue weighted by Crippen LogP contribution is -2.02. The first-order valence-electron chi connectivity index (χ1n) is 5.66. The molecule has 1 nitrogen and oxygen atoms in total. The minimum absolute atomic E-state index is 0. The van der Waals surface area contributed by atoms with E-state index in [2.05, 4.69) is 0 Å². The predicted molar refractivity (Wildman–Crippen MR) is 66.3 cm³/mol. The highest BCUT2D eigenvalue weighted by Gasteiger charge is 2.21. The second kappa shape index (κ2) is 13.7. The predicted octanol–water partition coefficient (Wildman–Crippen LogP) is 5.71. The van der Waals surface area contributed by atoms with Crippen LogP contribution in [-0.2, 0) is 0 Å². The van der Waals surface area contributed by atoms with Crippen molar-refractivity contribution in [2.24, 2.45) is 5.92 Å². The summed E-state index contributed by atoms with van der Waals surface area (Å²) in [5, 5.41) is 8.57. The van der Waals surface area contributed by atoms with E-state index in [1.54, 1.807) is 0 Å². The van der Waals surface area contributed by atoms with Crippen LogP contribution in [0.2, 0.25) is 0 Å². The standard InChI is InChI=1S/C6H12O.CH4.3BF4/c7-5-6-3-1-2-4-6;;3*2-1(3,4)5/h6-7H,1-5H2;1H4;;;/q;;3*-1. The third-order valence-corrected chi connectivity index (χ3v) is 1.73. The van der Waals surface area contributed by atoms with E-state index in [0.717, 1.165) is 0 Å². The van der Waals surface area contributed by atoms with Gasteiger partial charge < -0.3 is 56.9 Å². The second-order valence-corrected chi connectivity index (χ2v) is 3.82. The molecule has 23 heavy (non-hydrogen) atoms. The molecule has 1 aliphatic carbocycles. The lowest BCUT2D eigenvalue weighted by Gasteiger charge is -1.98. The molecule has 0 radical (unpaired) electrons. The van der Waals surface area contributed by atoms with Crippen molar-refractivity contribution in [2.45, 2.75) is 33.1 Å². The van der Waals surface area contributed by atoms with Crippen molar-refractivity contribution in [3.63, 3.8) is 0 Å². The SMILES string of the molecule is C.F[B-](F)(F)F.F[B-](F)(F)F.F[B-](F)(F)F.OCC1CCCC1. The molecule has 1 N–H and O–H groups in total. The molecule has 0 aromatic rings. The van der Waals surface area contributed by atoms with Gasteiger partial charge in [0.2, 0.25) is 0 Å². The largest absolute Gasteiger partial charge is 0.673 e. The molecule has 0 atom stereocenters. The first-order valence-corrected chi connectivity index (χ1v) is 5.66. The van der Waals surface area contributed by atoms with Gasteiger partial charge in [-0.1, -0.05) is 20.3 Å². The summed E-state index contributed by atoms with van der Waals surface area (Å²) >= 11 is 0. The lowest BCUT2D eigenvalue weighted by atomic mass is 10.1. The molecule has 1 fully saturated rings. The van der Waals surface area contributed by atoms with Crippen molar-refractivity contribution < 1.29 is 56.9 Å². The molecule has 0 saturated heterocycles. The quantitative estimate of drug-likeness (QED) is 0.459. The zero-order valence-electron chi connectivity index (χ0n) is 10.8. The summed E-state index contributed by atoms with van der Waals surface area (Å²) in [4.78, 5) is 0. The van der Waals surface area contributed by atoms with Crippen molar-refractivity contribution in [2.75, 3.05) is 6.61 Å². The van der Waals surface area contributed by atoms with Crippen LogP contribution in [0.25, 0.3) is 0 Å². The average molecular weight is 377 g/mol. The zero-order chi connectivity index (χ0) is 18.6. The molecule has 1 saturated carbocycles. The van der Waals surface area contributed by atoms with Gasteiger partial charge in [-0.2, -0.15) is 0 Å². The highest BCUT2D eigenvalue weighted by molar-refractivity contribution is 6.50. The Balaban J connectivity index is -0.000000105. The molecule has 16 heteroatoms. The molecule has 0 unspecified atom stereocenters. The van der Waals surface area contributed by atoms with E-state index in [1.807, 2.05) is 0 Å². The summed E-state index contributed by atoms with van der Waals surface area (Å²) in [6, 6.07) is 0. The minimum Gasteiger partial charge on any atom is -0.418 e. The van der Waals surface area contributed by atoms with Crippen molar-refractivity contribution >= 4 is 21.8 Å². The fourth-order valence-electron chi connectivity index (χ4n) is 1.19. The van der Waals surface area contributed by atoms with Crippen molar-refractivity contribution in [3.05, 3.63) is 0 Å². The summed E-state index contributed by atoms with van der Waals surface area (Å²) in [5.41, 5.74) is 0. The molecule has 0 aromatic carbocycles. The van der Waals surface area contributed by atoms with Gasteiger partial charge in [-0.05, 0) is 18.8 Å². The summed E-state index contributed by atoms with van der Waals surface area (Å²) in [7, 11) is -18.0. The Morgan fingerprint density at radius 3 is 0.870 bits per heavy atom. The number of rotatable bonds is 1. The van der Waals surface area contributed by atoms with Crippen LogP contribution < -0.4 is 0 Å². The van der Waals surface area contributed by atoms with Gasteiger partial charge in [0.25, 0.3) is 0 Å². The number of halogens is 12. The summed E-state index contributed by atoms with van der Waals surface area (Å²) < 4.78 is 117. The van der Waals surface area contributed by atoms with Crippen molar-refractivity contribution in [3.8, 4) is 0 Å². The Hall–Kier alpha value is -0.685. The van der Waals surface area contributed by atoms with Crippen molar-refractivity contribution in [1.82, 2.24) is 0 Å². The van der Waals surface area contributed by atoms with E-state index in [0.29, 0.717) is 12.5 Å². The molecule has 0 heterocycles. The highest BCUT2D eigenvalue weighted by Crippen LogP contribution is 2.23. The van der Waals surface area contributed by atoms with Gasteiger partial charge in [0.15, 0.2) is 0 Å². The van der Waals surface area contributed by atoms with E-state index in [4.69, 9.17) is 5.11 Å². The van der Waals surface area contributed by atoms with Crippen LogP contribution in [-0.4, -0.2) is 33.5 Å². The van der Waals surface area contributed by atoms with Gasteiger partial charge in [0.05, 0.1) is 0 Å². The fraction of sp³-hybridized carbons (Fsp3) is 1.00. The van der Waals surface area contributed by atoms with Crippen LogP contribution in [0.5, 0.6) is 0 Å². The Kier molecular flexibility index (Phi) is 18.0. The summed E-state index contributed by atoms with van der Waals surface area (Å²) in [5.74, 6) is 0.653. The Bertz CT molecular complexity index is 200. The first-order chi connectivity index (χ1) is 9.43. The van der Waals surface area contributed by atoms with E-state index < -0.39 is 21.8 Å². The zero-order valence-corrected chi connectivity index (χ0v) is 10.8. The maximum atomic E-state index is 9.75. The second-order valence-electron chi connectivity index (χ2n) is 3.82. The molecule has 0 bridgehead atoms. The van der Waals surface area contributed by atoms with Gasteiger partial charge in [-0.25, -0.2) is 0 Å².